The van der Waals surface area contributed by atoms with Crippen LogP contribution in [0, 0.1) is 0 Å². The Bertz CT molecular complexity index is 770. The van der Waals surface area contributed by atoms with E-state index in [-0.39, 0.29) is 11.9 Å². The fraction of sp³-hybridized carbons (Fsp3) is 0.263. The highest BCUT2D eigenvalue weighted by molar-refractivity contribution is 9.10. The van der Waals surface area contributed by atoms with Gasteiger partial charge in [0.1, 0.15) is 17.1 Å². The minimum absolute atomic E-state index is 0.228. The molecule has 0 saturated carbocycles. The monoisotopic (exact) mass is 406 g/mol. The van der Waals surface area contributed by atoms with Crippen LogP contribution in [0.5, 0.6) is 11.5 Å². The van der Waals surface area contributed by atoms with Gasteiger partial charge < -0.3 is 14.2 Å². The van der Waals surface area contributed by atoms with Crippen LogP contribution in [0.25, 0.3) is 0 Å². The van der Waals surface area contributed by atoms with Gasteiger partial charge in [-0.15, -0.1) is 0 Å². The second-order valence-electron chi connectivity index (χ2n) is 5.44. The molecule has 132 valence electrons. The quantitative estimate of drug-likeness (QED) is 0.516. The molecule has 0 aliphatic heterocycles. The maximum Gasteiger partial charge on any atom is 0.347 e. The van der Waals surface area contributed by atoms with Crippen molar-refractivity contribution in [3.8, 4) is 11.5 Å². The van der Waals surface area contributed by atoms with E-state index in [4.69, 9.17) is 14.2 Å². The number of ether oxygens (including phenoxy) is 3. The summed E-state index contributed by atoms with van der Waals surface area (Å²) in [4.78, 5) is 24.4. The van der Waals surface area contributed by atoms with E-state index in [1.165, 1.54) is 6.07 Å². The first-order chi connectivity index (χ1) is 11.9. The highest BCUT2D eigenvalue weighted by Crippen LogP contribution is 2.25. The van der Waals surface area contributed by atoms with E-state index in [1.54, 1.807) is 50.2 Å². The number of carbonyl (C=O) groups excluding carboxylic acids is 2. The number of benzene rings is 2. The van der Waals surface area contributed by atoms with Crippen LogP contribution in [0.3, 0.4) is 0 Å². The van der Waals surface area contributed by atoms with Crippen molar-refractivity contribution in [3.05, 3.63) is 58.1 Å². The van der Waals surface area contributed by atoms with Gasteiger partial charge >= 0.3 is 11.9 Å². The van der Waals surface area contributed by atoms with Crippen molar-refractivity contribution < 1.29 is 23.8 Å². The average molecular weight is 407 g/mol. The Hall–Kier alpha value is -2.34. The first kappa shape index (κ1) is 19.0. The zero-order valence-electron chi connectivity index (χ0n) is 14.2. The predicted molar refractivity (Wildman–Crippen MR) is 97.3 cm³/mol. The lowest BCUT2D eigenvalue weighted by atomic mass is 10.2. The molecule has 0 aliphatic carbocycles. The Labute approximate surface area is 155 Å². The van der Waals surface area contributed by atoms with Crippen LogP contribution in [0.2, 0.25) is 0 Å². The van der Waals surface area contributed by atoms with Crippen LogP contribution >= 0.6 is 15.9 Å². The van der Waals surface area contributed by atoms with E-state index in [9.17, 15) is 9.59 Å². The molecule has 0 saturated heterocycles. The Morgan fingerprint density at radius 2 is 1.84 bits per heavy atom. The van der Waals surface area contributed by atoms with Crippen molar-refractivity contribution in [2.75, 3.05) is 6.61 Å². The third-order valence-electron chi connectivity index (χ3n) is 3.08. The minimum Gasteiger partial charge on any atom is -0.493 e. The summed E-state index contributed by atoms with van der Waals surface area (Å²) in [5.41, 5.74) is 0.615. The normalized spacial score (nSPS) is 10.4. The van der Waals surface area contributed by atoms with E-state index in [2.05, 4.69) is 15.9 Å². The Morgan fingerprint density at radius 1 is 1.08 bits per heavy atom. The molecular weight excluding hydrogens is 388 g/mol. The zero-order valence-corrected chi connectivity index (χ0v) is 15.8. The molecule has 0 N–H and O–H groups in total. The molecule has 0 amide bonds. The molecule has 0 radical (unpaired) electrons. The van der Waals surface area contributed by atoms with Crippen LogP contribution in [-0.2, 0) is 4.74 Å². The number of hydrogen-bond acceptors (Lipinski definition) is 5. The van der Waals surface area contributed by atoms with Crippen molar-refractivity contribution in [2.45, 2.75) is 26.9 Å². The maximum atomic E-state index is 12.5. The molecule has 2 rings (SSSR count). The second-order valence-corrected chi connectivity index (χ2v) is 6.36. The molecule has 0 bridgehead atoms. The first-order valence-electron chi connectivity index (χ1n) is 7.86. The predicted octanol–water partition coefficient (Wildman–Crippen LogP) is 4.63. The maximum absolute atomic E-state index is 12.5. The van der Waals surface area contributed by atoms with Crippen LogP contribution < -0.4 is 9.47 Å². The van der Waals surface area contributed by atoms with Gasteiger partial charge in [-0.2, -0.15) is 0 Å². The summed E-state index contributed by atoms with van der Waals surface area (Å²) < 4.78 is 16.7. The van der Waals surface area contributed by atoms with E-state index in [0.29, 0.717) is 23.5 Å². The van der Waals surface area contributed by atoms with Gasteiger partial charge in [0.05, 0.1) is 18.3 Å². The summed E-state index contributed by atoms with van der Waals surface area (Å²) in [5, 5.41) is 0. The number of rotatable bonds is 6. The third kappa shape index (κ3) is 5.32. The van der Waals surface area contributed by atoms with Gasteiger partial charge in [-0.25, -0.2) is 9.59 Å². The third-order valence-corrected chi connectivity index (χ3v) is 3.58. The van der Waals surface area contributed by atoms with Gasteiger partial charge in [0, 0.05) is 4.47 Å². The Morgan fingerprint density at radius 3 is 2.52 bits per heavy atom. The lowest BCUT2D eigenvalue weighted by molar-refractivity contribution is 0.0376. The molecule has 0 heterocycles. The Kier molecular flexibility index (Phi) is 6.58. The lowest BCUT2D eigenvalue weighted by Crippen LogP contribution is -2.13. The van der Waals surface area contributed by atoms with Crippen LogP contribution in [0.15, 0.2) is 46.9 Å². The van der Waals surface area contributed by atoms with Crippen molar-refractivity contribution >= 4 is 27.9 Å². The first-order valence-corrected chi connectivity index (χ1v) is 8.65. The molecule has 0 atom stereocenters. The number of hydrogen-bond donors (Lipinski definition) is 0. The van der Waals surface area contributed by atoms with Crippen molar-refractivity contribution in [1.82, 2.24) is 0 Å². The summed E-state index contributed by atoms with van der Waals surface area (Å²) >= 11 is 3.33. The zero-order chi connectivity index (χ0) is 18.4. The average Bonchev–Trinajstić information content (AvgIpc) is 2.56. The molecule has 0 aromatic heterocycles. The largest absolute Gasteiger partial charge is 0.493 e. The van der Waals surface area contributed by atoms with E-state index in [0.717, 1.165) is 4.47 Å². The van der Waals surface area contributed by atoms with Gasteiger partial charge in [0.2, 0.25) is 0 Å². The number of halogens is 1. The molecule has 2 aromatic rings. The summed E-state index contributed by atoms with van der Waals surface area (Å²) in [6.45, 7) is 5.80. The molecule has 5 nitrogen and oxygen atoms in total. The van der Waals surface area contributed by atoms with Crippen LogP contribution in [0.4, 0.5) is 0 Å². The minimum atomic E-state index is -0.570. The van der Waals surface area contributed by atoms with E-state index >= 15 is 0 Å². The van der Waals surface area contributed by atoms with Gasteiger partial charge in [-0.05, 0) is 57.2 Å². The van der Waals surface area contributed by atoms with Gasteiger partial charge in [0.25, 0.3) is 0 Å². The standard InChI is InChI=1S/C19H19BrO5/c1-4-23-17-9-8-14(20)11-16(17)19(22)25-15-7-5-6-13(10-15)18(21)24-12(2)3/h5-12H,4H2,1-3H3. The fourth-order valence-electron chi connectivity index (χ4n) is 2.07. The molecule has 2 aromatic carbocycles. The summed E-state index contributed by atoms with van der Waals surface area (Å²) in [5.74, 6) is -0.346. The van der Waals surface area contributed by atoms with Gasteiger partial charge in [-0.1, -0.05) is 22.0 Å². The van der Waals surface area contributed by atoms with E-state index < -0.39 is 11.9 Å². The summed E-state index contributed by atoms with van der Waals surface area (Å²) in [6, 6.07) is 11.4. The smallest absolute Gasteiger partial charge is 0.347 e. The highest BCUT2D eigenvalue weighted by atomic mass is 79.9. The second kappa shape index (κ2) is 8.67. The van der Waals surface area contributed by atoms with Crippen LogP contribution in [-0.4, -0.2) is 24.6 Å². The molecular formula is C19H19BrO5. The molecule has 25 heavy (non-hydrogen) atoms. The van der Waals surface area contributed by atoms with Gasteiger partial charge in [0.15, 0.2) is 0 Å². The molecule has 0 fully saturated rings. The van der Waals surface area contributed by atoms with Crippen LogP contribution in [0.1, 0.15) is 41.5 Å². The SMILES string of the molecule is CCOc1ccc(Br)cc1C(=O)Oc1cccc(C(=O)OC(C)C)c1. The highest BCUT2D eigenvalue weighted by Gasteiger charge is 2.17. The van der Waals surface area contributed by atoms with Crippen molar-refractivity contribution in [2.24, 2.45) is 0 Å². The summed E-state index contributed by atoms with van der Waals surface area (Å²) in [6.07, 6.45) is -0.228. The van der Waals surface area contributed by atoms with Gasteiger partial charge in [-0.3, -0.25) is 0 Å². The topological polar surface area (TPSA) is 61.8 Å². The van der Waals surface area contributed by atoms with Crippen molar-refractivity contribution in [3.63, 3.8) is 0 Å². The Balaban J connectivity index is 2.21. The summed E-state index contributed by atoms with van der Waals surface area (Å²) in [7, 11) is 0. The van der Waals surface area contributed by atoms with Crippen molar-refractivity contribution in [1.29, 1.82) is 0 Å². The fourth-order valence-corrected chi connectivity index (χ4v) is 2.43. The molecule has 0 unspecified atom stereocenters. The molecule has 6 heteroatoms. The van der Waals surface area contributed by atoms with E-state index in [1.807, 2.05) is 6.92 Å². The molecule has 0 aliphatic rings. The lowest BCUT2D eigenvalue weighted by Gasteiger charge is -2.11. The number of carbonyl (C=O) groups is 2. The number of esters is 2. The molecule has 0 spiro atoms.